The third-order valence-electron chi connectivity index (χ3n) is 4.07. The summed E-state index contributed by atoms with van der Waals surface area (Å²) in [6, 6.07) is 6.05. The molecule has 1 aromatic rings. The molecule has 0 aromatic heterocycles. The zero-order valence-electron chi connectivity index (χ0n) is 16.1. The average Bonchev–Trinajstić information content (AvgIpc) is 2.65. The van der Waals surface area contributed by atoms with E-state index in [2.05, 4.69) is 6.07 Å². The highest BCUT2D eigenvalue weighted by Gasteiger charge is 2.22. The standard InChI is InChI=1S/C17H24O2.2C2H6/c1-3-8-16(18)15-12-7-11-14(17(15)19-2)13-9-5-4-6-10-13;2*1-2/h7,11-13H,3-6,8-10H2,1-2H3;2*1-2H3. The third-order valence-corrected chi connectivity index (χ3v) is 4.07. The van der Waals surface area contributed by atoms with Crippen molar-refractivity contribution < 1.29 is 9.53 Å². The maximum Gasteiger partial charge on any atom is 0.166 e. The van der Waals surface area contributed by atoms with Crippen molar-refractivity contribution in [3.05, 3.63) is 29.3 Å². The van der Waals surface area contributed by atoms with Crippen molar-refractivity contribution in [2.24, 2.45) is 0 Å². The van der Waals surface area contributed by atoms with Gasteiger partial charge < -0.3 is 4.74 Å². The van der Waals surface area contributed by atoms with E-state index in [9.17, 15) is 4.79 Å². The lowest BCUT2D eigenvalue weighted by Gasteiger charge is -2.24. The summed E-state index contributed by atoms with van der Waals surface area (Å²) in [6.07, 6.45) is 7.86. The fraction of sp³-hybridized carbons (Fsp3) is 0.667. The number of ether oxygens (including phenoxy) is 1. The van der Waals surface area contributed by atoms with Crippen LogP contribution < -0.4 is 4.74 Å². The molecule has 23 heavy (non-hydrogen) atoms. The lowest BCUT2D eigenvalue weighted by molar-refractivity contribution is 0.0978. The van der Waals surface area contributed by atoms with Crippen LogP contribution in [0.5, 0.6) is 5.75 Å². The first-order valence-electron chi connectivity index (χ1n) is 9.48. The summed E-state index contributed by atoms with van der Waals surface area (Å²) in [5, 5.41) is 0. The molecule has 0 unspecified atom stereocenters. The second kappa shape index (κ2) is 13.2. The van der Waals surface area contributed by atoms with E-state index < -0.39 is 0 Å². The lowest BCUT2D eigenvalue weighted by Crippen LogP contribution is -2.09. The van der Waals surface area contributed by atoms with E-state index in [4.69, 9.17) is 4.74 Å². The average molecular weight is 321 g/mol. The van der Waals surface area contributed by atoms with E-state index in [0.29, 0.717) is 12.3 Å². The van der Waals surface area contributed by atoms with Gasteiger partial charge in [-0.05, 0) is 36.8 Å². The van der Waals surface area contributed by atoms with Crippen LogP contribution in [0.4, 0.5) is 0 Å². The minimum Gasteiger partial charge on any atom is -0.496 e. The number of hydrogen-bond donors (Lipinski definition) is 0. The van der Waals surface area contributed by atoms with Gasteiger partial charge >= 0.3 is 0 Å². The van der Waals surface area contributed by atoms with Crippen LogP contribution >= 0.6 is 0 Å². The Morgan fingerprint density at radius 3 is 2.22 bits per heavy atom. The predicted molar refractivity (Wildman–Crippen MR) is 101 cm³/mol. The van der Waals surface area contributed by atoms with Crippen molar-refractivity contribution in [2.75, 3.05) is 7.11 Å². The molecular formula is C21H36O2. The van der Waals surface area contributed by atoms with E-state index in [0.717, 1.165) is 17.7 Å². The second-order valence-electron chi connectivity index (χ2n) is 5.44. The molecule has 1 aliphatic carbocycles. The van der Waals surface area contributed by atoms with Crippen LogP contribution in [-0.2, 0) is 0 Å². The number of carbonyl (C=O) groups excluding carboxylic acids is 1. The molecule has 0 bridgehead atoms. The summed E-state index contributed by atoms with van der Waals surface area (Å²) in [6.45, 7) is 10.0. The van der Waals surface area contributed by atoms with Crippen molar-refractivity contribution in [3.63, 3.8) is 0 Å². The monoisotopic (exact) mass is 320 g/mol. The Hall–Kier alpha value is -1.31. The number of rotatable bonds is 5. The first kappa shape index (κ1) is 21.7. The fourth-order valence-electron chi connectivity index (χ4n) is 3.10. The first-order valence-corrected chi connectivity index (χ1v) is 9.48. The van der Waals surface area contributed by atoms with Crippen molar-refractivity contribution in [3.8, 4) is 5.75 Å². The van der Waals surface area contributed by atoms with Gasteiger partial charge in [0.1, 0.15) is 5.75 Å². The van der Waals surface area contributed by atoms with E-state index >= 15 is 0 Å². The molecule has 1 aliphatic rings. The number of Topliss-reactive ketones (excluding diaryl/α,β-unsaturated/α-hetero) is 1. The van der Waals surface area contributed by atoms with Gasteiger partial charge in [-0.1, -0.05) is 66.0 Å². The van der Waals surface area contributed by atoms with E-state index in [1.165, 1.54) is 37.7 Å². The van der Waals surface area contributed by atoms with Crippen LogP contribution in [0.15, 0.2) is 18.2 Å². The molecule has 0 radical (unpaired) electrons. The lowest BCUT2D eigenvalue weighted by atomic mass is 9.82. The van der Waals surface area contributed by atoms with Gasteiger partial charge in [0.05, 0.1) is 12.7 Å². The van der Waals surface area contributed by atoms with Crippen LogP contribution in [0.2, 0.25) is 0 Å². The Labute approximate surface area is 143 Å². The molecule has 0 spiro atoms. The summed E-state index contributed by atoms with van der Waals surface area (Å²) >= 11 is 0. The van der Waals surface area contributed by atoms with Crippen LogP contribution in [0, 0.1) is 0 Å². The molecule has 1 saturated carbocycles. The Balaban J connectivity index is 0.00000112. The SMILES string of the molecule is CC.CC.CCCC(=O)c1cccc(C2CCCCC2)c1OC. The van der Waals surface area contributed by atoms with E-state index in [1.54, 1.807) is 7.11 Å². The maximum atomic E-state index is 12.2. The zero-order valence-corrected chi connectivity index (χ0v) is 16.1. The summed E-state index contributed by atoms with van der Waals surface area (Å²) in [4.78, 5) is 12.2. The molecule has 2 nitrogen and oxygen atoms in total. The number of ketones is 1. The van der Waals surface area contributed by atoms with E-state index in [1.807, 2.05) is 46.8 Å². The molecule has 132 valence electrons. The van der Waals surface area contributed by atoms with Crippen LogP contribution in [0.3, 0.4) is 0 Å². The summed E-state index contributed by atoms with van der Waals surface area (Å²) in [5.41, 5.74) is 2.01. The van der Waals surface area contributed by atoms with Crippen LogP contribution in [0.25, 0.3) is 0 Å². The fourth-order valence-corrected chi connectivity index (χ4v) is 3.10. The molecular weight excluding hydrogens is 284 g/mol. The molecule has 0 aliphatic heterocycles. The quantitative estimate of drug-likeness (QED) is 0.559. The predicted octanol–water partition coefficient (Wildman–Crippen LogP) is 6.78. The van der Waals surface area contributed by atoms with E-state index in [-0.39, 0.29) is 5.78 Å². The summed E-state index contributed by atoms with van der Waals surface area (Å²) < 4.78 is 5.58. The van der Waals surface area contributed by atoms with Crippen LogP contribution in [-0.4, -0.2) is 12.9 Å². The second-order valence-corrected chi connectivity index (χ2v) is 5.44. The zero-order chi connectivity index (χ0) is 17.7. The normalized spacial score (nSPS) is 14.0. The van der Waals surface area contributed by atoms with Gasteiger partial charge in [0.15, 0.2) is 5.78 Å². The molecule has 2 heteroatoms. The summed E-state index contributed by atoms with van der Waals surface area (Å²) in [7, 11) is 1.68. The molecule has 0 heterocycles. The Bertz CT molecular complexity index is 431. The number of benzene rings is 1. The first-order chi connectivity index (χ1) is 11.3. The Kier molecular flexibility index (Phi) is 12.4. The Morgan fingerprint density at radius 2 is 1.70 bits per heavy atom. The van der Waals surface area contributed by atoms with Gasteiger partial charge in [0, 0.05) is 6.42 Å². The molecule has 0 atom stereocenters. The highest BCUT2D eigenvalue weighted by atomic mass is 16.5. The molecule has 0 saturated heterocycles. The highest BCUT2D eigenvalue weighted by molar-refractivity contribution is 5.99. The van der Waals surface area contributed by atoms with Crippen molar-refractivity contribution in [1.82, 2.24) is 0 Å². The highest BCUT2D eigenvalue weighted by Crippen LogP contribution is 2.39. The number of carbonyl (C=O) groups is 1. The van der Waals surface area contributed by atoms with Gasteiger partial charge in [0.2, 0.25) is 0 Å². The number of methoxy groups -OCH3 is 1. The van der Waals surface area contributed by atoms with Crippen molar-refractivity contribution >= 4 is 5.78 Å². The van der Waals surface area contributed by atoms with Crippen molar-refractivity contribution in [1.29, 1.82) is 0 Å². The topological polar surface area (TPSA) is 26.3 Å². The molecule has 1 aromatic carbocycles. The van der Waals surface area contributed by atoms with Gasteiger partial charge in [0.25, 0.3) is 0 Å². The smallest absolute Gasteiger partial charge is 0.166 e. The van der Waals surface area contributed by atoms with Crippen LogP contribution in [0.1, 0.15) is 101 Å². The number of para-hydroxylation sites is 1. The van der Waals surface area contributed by atoms with Gasteiger partial charge in [-0.25, -0.2) is 0 Å². The summed E-state index contributed by atoms with van der Waals surface area (Å²) in [5.74, 6) is 1.60. The largest absolute Gasteiger partial charge is 0.496 e. The molecule has 1 fully saturated rings. The molecule has 0 amide bonds. The minimum atomic E-state index is 0.206. The van der Waals surface area contributed by atoms with Gasteiger partial charge in [-0.2, -0.15) is 0 Å². The maximum absolute atomic E-state index is 12.2. The van der Waals surface area contributed by atoms with Gasteiger partial charge in [-0.15, -0.1) is 0 Å². The molecule has 0 N–H and O–H groups in total. The Morgan fingerprint density at radius 1 is 1.09 bits per heavy atom. The van der Waals surface area contributed by atoms with Gasteiger partial charge in [-0.3, -0.25) is 4.79 Å². The minimum absolute atomic E-state index is 0.206. The van der Waals surface area contributed by atoms with Crippen molar-refractivity contribution in [2.45, 2.75) is 85.5 Å². The third kappa shape index (κ3) is 6.37. The number of hydrogen-bond acceptors (Lipinski definition) is 2. The molecule has 2 rings (SSSR count).